The Kier molecular flexibility index (Phi) is 2.57. The number of nitrogens with one attached hydrogen (secondary N) is 1. The fourth-order valence-corrected chi connectivity index (χ4v) is 1.04. The second-order valence-corrected chi connectivity index (χ2v) is 2.57. The molecule has 11 heavy (non-hydrogen) atoms. The van der Waals surface area contributed by atoms with Crippen LogP contribution in [0.25, 0.3) is 0 Å². The van der Waals surface area contributed by atoms with E-state index in [-0.39, 0.29) is 6.04 Å². The Morgan fingerprint density at radius 2 is 2.36 bits per heavy atom. The standard InChI is InChI=1S/C8H13N3/c1-6-8(7(2)11-9)4-3-5-10-6/h3-5,7,11H,9H2,1-2H3. The molecule has 0 saturated heterocycles. The van der Waals surface area contributed by atoms with Gasteiger partial charge in [-0.05, 0) is 25.5 Å². The zero-order chi connectivity index (χ0) is 8.27. The lowest BCUT2D eigenvalue weighted by molar-refractivity contribution is 0.596. The normalized spacial score (nSPS) is 13.0. The number of nitrogens with two attached hydrogens (primary N) is 1. The molecular weight excluding hydrogens is 138 g/mol. The number of hydrazine groups is 1. The summed E-state index contributed by atoms with van der Waals surface area (Å²) in [4.78, 5) is 4.15. The molecule has 1 aromatic heterocycles. The van der Waals surface area contributed by atoms with Gasteiger partial charge in [-0.15, -0.1) is 0 Å². The fraction of sp³-hybridized carbons (Fsp3) is 0.375. The van der Waals surface area contributed by atoms with E-state index in [0.29, 0.717) is 0 Å². The first-order chi connectivity index (χ1) is 5.25. The fourth-order valence-electron chi connectivity index (χ4n) is 1.04. The molecule has 3 heteroatoms. The molecule has 3 N–H and O–H groups in total. The van der Waals surface area contributed by atoms with Crippen LogP contribution in [-0.4, -0.2) is 4.98 Å². The molecule has 0 aliphatic rings. The van der Waals surface area contributed by atoms with E-state index in [4.69, 9.17) is 5.84 Å². The van der Waals surface area contributed by atoms with E-state index in [1.807, 2.05) is 26.0 Å². The minimum Gasteiger partial charge on any atom is -0.271 e. The van der Waals surface area contributed by atoms with Crippen molar-refractivity contribution in [2.75, 3.05) is 0 Å². The summed E-state index contributed by atoms with van der Waals surface area (Å²) in [6.45, 7) is 3.98. The average Bonchev–Trinajstić information content (AvgIpc) is 2.04. The molecule has 0 amide bonds. The van der Waals surface area contributed by atoms with Gasteiger partial charge in [0.2, 0.25) is 0 Å². The van der Waals surface area contributed by atoms with Crippen LogP contribution in [0.1, 0.15) is 24.2 Å². The van der Waals surface area contributed by atoms with Crippen molar-refractivity contribution in [1.82, 2.24) is 10.4 Å². The number of aryl methyl sites for hydroxylation is 1. The second kappa shape index (κ2) is 3.46. The zero-order valence-electron chi connectivity index (χ0n) is 6.83. The van der Waals surface area contributed by atoms with Crippen LogP contribution in [0.2, 0.25) is 0 Å². The van der Waals surface area contributed by atoms with Gasteiger partial charge in [-0.2, -0.15) is 0 Å². The van der Waals surface area contributed by atoms with Crippen molar-refractivity contribution in [3.05, 3.63) is 29.6 Å². The maximum atomic E-state index is 5.30. The summed E-state index contributed by atoms with van der Waals surface area (Å²) < 4.78 is 0. The molecule has 0 aliphatic carbocycles. The number of hydrogen-bond donors (Lipinski definition) is 2. The number of pyridine rings is 1. The van der Waals surface area contributed by atoms with Crippen LogP contribution in [0.15, 0.2) is 18.3 Å². The van der Waals surface area contributed by atoms with Crippen molar-refractivity contribution in [2.24, 2.45) is 5.84 Å². The summed E-state index contributed by atoms with van der Waals surface area (Å²) in [5.74, 6) is 5.30. The van der Waals surface area contributed by atoms with Gasteiger partial charge in [-0.25, -0.2) is 0 Å². The summed E-state index contributed by atoms with van der Waals surface area (Å²) in [5, 5.41) is 0. The van der Waals surface area contributed by atoms with Gasteiger partial charge in [0.25, 0.3) is 0 Å². The Hall–Kier alpha value is -0.930. The summed E-state index contributed by atoms with van der Waals surface area (Å²) in [5.41, 5.74) is 4.86. The van der Waals surface area contributed by atoms with Crippen LogP contribution < -0.4 is 11.3 Å². The molecule has 0 radical (unpaired) electrons. The number of rotatable bonds is 2. The highest BCUT2D eigenvalue weighted by Gasteiger charge is 2.04. The highest BCUT2D eigenvalue weighted by Crippen LogP contribution is 2.12. The van der Waals surface area contributed by atoms with Gasteiger partial charge in [0.05, 0.1) is 0 Å². The van der Waals surface area contributed by atoms with E-state index in [0.717, 1.165) is 11.3 Å². The highest BCUT2D eigenvalue weighted by molar-refractivity contribution is 5.21. The smallest absolute Gasteiger partial charge is 0.0449 e. The van der Waals surface area contributed by atoms with E-state index < -0.39 is 0 Å². The van der Waals surface area contributed by atoms with Gasteiger partial charge >= 0.3 is 0 Å². The van der Waals surface area contributed by atoms with Gasteiger partial charge in [0.1, 0.15) is 0 Å². The maximum Gasteiger partial charge on any atom is 0.0449 e. The average molecular weight is 151 g/mol. The summed E-state index contributed by atoms with van der Waals surface area (Å²) in [7, 11) is 0. The second-order valence-electron chi connectivity index (χ2n) is 2.57. The SMILES string of the molecule is Cc1ncccc1C(C)NN. The molecule has 3 nitrogen and oxygen atoms in total. The molecule has 1 aromatic rings. The molecule has 0 saturated carbocycles. The largest absolute Gasteiger partial charge is 0.271 e. The van der Waals surface area contributed by atoms with Crippen molar-refractivity contribution < 1.29 is 0 Å². The Balaban J connectivity index is 2.93. The van der Waals surface area contributed by atoms with Gasteiger partial charge < -0.3 is 0 Å². The van der Waals surface area contributed by atoms with Crippen molar-refractivity contribution in [1.29, 1.82) is 0 Å². The van der Waals surface area contributed by atoms with E-state index in [1.165, 1.54) is 0 Å². The van der Waals surface area contributed by atoms with Gasteiger partial charge in [0.15, 0.2) is 0 Å². The molecule has 0 fully saturated rings. The van der Waals surface area contributed by atoms with Crippen LogP contribution in [0.3, 0.4) is 0 Å². The lowest BCUT2D eigenvalue weighted by Crippen LogP contribution is -2.26. The first-order valence-corrected chi connectivity index (χ1v) is 3.63. The quantitative estimate of drug-likeness (QED) is 0.488. The monoisotopic (exact) mass is 151 g/mol. The summed E-state index contributed by atoms with van der Waals surface area (Å²) in [6, 6.07) is 4.10. The van der Waals surface area contributed by atoms with E-state index >= 15 is 0 Å². The van der Waals surface area contributed by atoms with Gasteiger partial charge in [-0.3, -0.25) is 16.3 Å². The number of hydrogen-bond acceptors (Lipinski definition) is 3. The predicted molar refractivity (Wildman–Crippen MR) is 44.7 cm³/mol. The number of aromatic nitrogens is 1. The van der Waals surface area contributed by atoms with Crippen LogP contribution in [0.4, 0.5) is 0 Å². The summed E-state index contributed by atoms with van der Waals surface area (Å²) >= 11 is 0. The molecule has 1 rings (SSSR count). The van der Waals surface area contributed by atoms with E-state index in [2.05, 4.69) is 10.4 Å². The maximum absolute atomic E-state index is 5.30. The lowest BCUT2D eigenvalue weighted by atomic mass is 10.1. The van der Waals surface area contributed by atoms with Crippen molar-refractivity contribution in [2.45, 2.75) is 19.9 Å². The van der Waals surface area contributed by atoms with Gasteiger partial charge in [-0.1, -0.05) is 6.07 Å². The molecule has 1 atom stereocenters. The molecule has 0 bridgehead atoms. The first-order valence-electron chi connectivity index (χ1n) is 3.63. The third kappa shape index (κ3) is 1.76. The highest BCUT2D eigenvalue weighted by atomic mass is 15.2. The molecule has 0 aromatic carbocycles. The van der Waals surface area contributed by atoms with Crippen LogP contribution >= 0.6 is 0 Å². The molecule has 60 valence electrons. The number of nitrogens with zero attached hydrogens (tertiary/aromatic N) is 1. The zero-order valence-corrected chi connectivity index (χ0v) is 6.83. The van der Waals surface area contributed by atoms with E-state index in [1.54, 1.807) is 6.20 Å². The molecular formula is C8H13N3. The van der Waals surface area contributed by atoms with Crippen molar-refractivity contribution in [3.8, 4) is 0 Å². The van der Waals surface area contributed by atoms with Crippen LogP contribution in [0.5, 0.6) is 0 Å². The minimum atomic E-state index is 0.170. The van der Waals surface area contributed by atoms with Gasteiger partial charge in [0, 0.05) is 17.9 Å². The molecule has 0 aliphatic heterocycles. The van der Waals surface area contributed by atoms with Crippen LogP contribution in [0, 0.1) is 6.92 Å². The molecule has 1 unspecified atom stereocenters. The van der Waals surface area contributed by atoms with Crippen molar-refractivity contribution >= 4 is 0 Å². The Labute approximate surface area is 66.6 Å². The van der Waals surface area contributed by atoms with E-state index in [9.17, 15) is 0 Å². The minimum absolute atomic E-state index is 0.170. The predicted octanol–water partition coefficient (Wildman–Crippen LogP) is 0.914. The molecule has 1 heterocycles. The topological polar surface area (TPSA) is 50.9 Å². The first kappa shape index (κ1) is 8.17. The third-order valence-electron chi connectivity index (χ3n) is 1.76. The Morgan fingerprint density at radius 1 is 1.64 bits per heavy atom. The van der Waals surface area contributed by atoms with Crippen LogP contribution in [-0.2, 0) is 0 Å². The summed E-state index contributed by atoms with van der Waals surface area (Å²) in [6.07, 6.45) is 1.78. The third-order valence-corrected chi connectivity index (χ3v) is 1.76. The van der Waals surface area contributed by atoms with Crippen molar-refractivity contribution in [3.63, 3.8) is 0 Å². The molecule has 0 spiro atoms. The Morgan fingerprint density at radius 3 is 2.91 bits per heavy atom. The lowest BCUT2D eigenvalue weighted by Gasteiger charge is -2.11. The Bertz CT molecular complexity index is 235.